The third kappa shape index (κ3) is 11.1. The molecule has 0 aliphatic rings. The molecule has 174 valence electrons. The van der Waals surface area contributed by atoms with E-state index in [-0.39, 0.29) is 48.6 Å². The summed E-state index contributed by atoms with van der Waals surface area (Å²) in [6.45, 7) is 7.09. The molecule has 30 heavy (non-hydrogen) atoms. The molecule has 0 radical (unpaired) electrons. The number of rotatable bonds is 13. The number of halogens is 3. The lowest BCUT2D eigenvalue weighted by atomic mass is 9.94. The van der Waals surface area contributed by atoms with E-state index in [0.717, 1.165) is 6.42 Å². The van der Waals surface area contributed by atoms with E-state index in [1.165, 1.54) is 0 Å². The Hall–Kier alpha value is -1.36. The summed E-state index contributed by atoms with van der Waals surface area (Å²) in [6.07, 6.45) is 1.71. The highest BCUT2D eigenvalue weighted by Gasteiger charge is 2.16. The summed E-state index contributed by atoms with van der Waals surface area (Å²) in [4.78, 5) is 4.52. The zero-order valence-corrected chi connectivity index (χ0v) is 20.6. The molecule has 0 saturated carbocycles. The molecule has 0 saturated heterocycles. The molecule has 1 aromatic rings. The number of alkyl halides is 2. The standard InChI is InChI=1S/C21H35F2N3O3.HI/c1-5-24-21(25-13-16(10-11-27)12-15(3)4)26-14-17-8-7-9-18(28-6-2)19(17)29-20(22)23;/h7-9,15-16,20,27H,5-6,10-14H2,1-4H3,(H2,24,25,26);1H. The van der Waals surface area contributed by atoms with E-state index in [4.69, 9.17) is 9.47 Å². The van der Waals surface area contributed by atoms with Crippen LogP contribution in [-0.2, 0) is 6.54 Å². The number of aliphatic hydroxyl groups is 1. The van der Waals surface area contributed by atoms with Crippen LogP contribution in [0.5, 0.6) is 11.5 Å². The fourth-order valence-electron chi connectivity index (χ4n) is 3.08. The van der Waals surface area contributed by atoms with Gasteiger partial charge in [0, 0.05) is 25.3 Å². The maximum Gasteiger partial charge on any atom is 0.387 e. The van der Waals surface area contributed by atoms with Crippen LogP contribution in [0.25, 0.3) is 0 Å². The summed E-state index contributed by atoms with van der Waals surface area (Å²) in [6, 6.07) is 5.03. The summed E-state index contributed by atoms with van der Waals surface area (Å²) >= 11 is 0. The normalized spacial score (nSPS) is 12.5. The lowest BCUT2D eigenvalue weighted by Crippen LogP contribution is -2.40. The van der Waals surface area contributed by atoms with Gasteiger partial charge in [-0.1, -0.05) is 26.0 Å². The molecule has 9 heteroatoms. The summed E-state index contributed by atoms with van der Waals surface area (Å²) in [5.74, 6) is 1.73. The Morgan fingerprint density at radius 1 is 1.20 bits per heavy atom. The first-order chi connectivity index (χ1) is 13.9. The number of para-hydroxylation sites is 1. The van der Waals surface area contributed by atoms with E-state index < -0.39 is 6.61 Å². The molecule has 0 aromatic heterocycles. The largest absolute Gasteiger partial charge is 0.490 e. The molecule has 0 bridgehead atoms. The molecule has 3 N–H and O–H groups in total. The second-order valence-electron chi connectivity index (χ2n) is 7.14. The smallest absolute Gasteiger partial charge is 0.387 e. The number of benzene rings is 1. The molecule has 0 aliphatic heterocycles. The Kier molecular flexibility index (Phi) is 15.6. The fourth-order valence-corrected chi connectivity index (χ4v) is 3.08. The number of nitrogens with zero attached hydrogens (tertiary/aromatic N) is 1. The van der Waals surface area contributed by atoms with Crippen molar-refractivity contribution < 1.29 is 23.4 Å². The number of nitrogens with one attached hydrogen (secondary N) is 2. The summed E-state index contributed by atoms with van der Waals surface area (Å²) in [7, 11) is 0. The number of aliphatic imine (C=N–C) groups is 1. The van der Waals surface area contributed by atoms with Crippen LogP contribution < -0.4 is 20.1 Å². The molecular formula is C21H36F2IN3O3. The van der Waals surface area contributed by atoms with E-state index in [1.807, 2.05) is 6.92 Å². The van der Waals surface area contributed by atoms with Gasteiger partial charge in [-0.15, -0.1) is 24.0 Å². The van der Waals surface area contributed by atoms with Crippen LogP contribution in [0.1, 0.15) is 46.1 Å². The van der Waals surface area contributed by atoms with Crippen molar-refractivity contribution in [3.8, 4) is 11.5 Å². The van der Waals surface area contributed by atoms with Crippen LogP contribution in [0.4, 0.5) is 8.78 Å². The second kappa shape index (κ2) is 16.3. The van der Waals surface area contributed by atoms with Gasteiger partial charge in [0.15, 0.2) is 17.5 Å². The van der Waals surface area contributed by atoms with Crippen LogP contribution >= 0.6 is 24.0 Å². The zero-order chi connectivity index (χ0) is 21.6. The van der Waals surface area contributed by atoms with Gasteiger partial charge in [-0.05, 0) is 44.6 Å². The highest BCUT2D eigenvalue weighted by Crippen LogP contribution is 2.33. The van der Waals surface area contributed by atoms with Crippen molar-refractivity contribution in [1.82, 2.24) is 10.6 Å². The van der Waals surface area contributed by atoms with Crippen LogP contribution in [0.2, 0.25) is 0 Å². The van der Waals surface area contributed by atoms with Gasteiger partial charge in [-0.25, -0.2) is 4.99 Å². The fraction of sp³-hybridized carbons (Fsp3) is 0.667. The first kappa shape index (κ1) is 28.6. The average Bonchev–Trinajstić information content (AvgIpc) is 2.65. The third-order valence-corrected chi connectivity index (χ3v) is 4.22. The molecule has 6 nitrogen and oxygen atoms in total. The third-order valence-electron chi connectivity index (χ3n) is 4.22. The van der Waals surface area contributed by atoms with Gasteiger partial charge >= 0.3 is 6.61 Å². The molecule has 1 unspecified atom stereocenters. The molecular weight excluding hydrogens is 507 g/mol. The van der Waals surface area contributed by atoms with Gasteiger partial charge in [0.05, 0.1) is 13.2 Å². The maximum absolute atomic E-state index is 12.9. The van der Waals surface area contributed by atoms with Crippen molar-refractivity contribution in [1.29, 1.82) is 0 Å². The highest BCUT2D eigenvalue weighted by molar-refractivity contribution is 14.0. The minimum absolute atomic E-state index is 0. The van der Waals surface area contributed by atoms with Crippen molar-refractivity contribution in [2.24, 2.45) is 16.8 Å². The molecule has 0 aliphatic carbocycles. The van der Waals surface area contributed by atoms with E-state index >= 15 is 0 Å². The first-order valence-electron chi connectivity index (χ1n) is 10.2. The predicted molar refractivity (Wildman–Crippen MR) is 127 cm³/mol. The molecule has 1 aromatic carbocycles. The van der Waals surface area contributed by atoms with Crippen molar-refractivity contribution >= 4 is 29.9 Å². The van der Waals surface area contributed by atoms with E-state index in [0.29, 0.717) is 49.5 Å². The van der Waals surface area contributed by atoms with Gasteiger partial charge in [-0.3, -0.25) is 0 Å². The van der Waals surface area contributed by atoms with Gasteiger partial charge < -0.3 is 25.2 Å². The van der Waals surface area contributed by atoms with Gasteiger partial charge in [-0.2, -0.15) is 8.78 Å². The number of ether oxygens (including phenoxy) is 2. The Morgan fingerprint density at radius 2 is 1.93 bits per heavy atom. The summed E-state index contributed by atoms with van der Waals surface area (Å²) < 4.78 is 35.8. The SMILES string of the molecule is CCNC(=NCc1cccc(OCC)c1OC(F)F)NCC(CCO)CC(C)C.I. The molecule has 0 amide bonds. The lowest BCUT2D eigenvalue weighted by Gasteiger charge is -2.20. The van der Waals surface area contributed by atoms with E-state index in [2.05, 4.69) is 29.5 Å². The molecule has 0 spiro atoms. The van der Waals surface area contributed by atoms with Crippen LogP contribution in [-0.4, -0.2) is 44.0 Å². The van der Waals surface area contributed by atoms with Crippen molar-refractivity contribution in [2.45, 2.75) is 53.7 Å². The van der Waals surface area contributed by atoms with E-state index in [1.54, 1.807) is 25.1 Å². The van der Waals surface area contributed by atoms with Gasteiger partial charge in [0.2, 0.25) is 0 Å². The Labute approximate surface area is 195 Å². The van der Waals surface area contributed by atoms with E-state index in [9.17, 15) is 13.9 Å². The van der Waals surface area contributed by atoms with Gasteiger partial charge in [0.25, 0.3) is 0 Å². The quantitative estimate of drug-likeness (QED) is 0.195. The first-order valence-corrected chi connectivity index (χ1v) is 10.2. The average molecular weight is 543 g/mol. The molecule has 1 atom stereocenters. The number of hydrogen-bond acceptors (Lipinski definition) is 4. The van der Waals surface area contributed by atoms with Crippen LogP contribution in [0.3, 0.4) is 0 Å². The minimum atomic E-state index is -2.94. The van der Waals surface area contributed by atoms with Crippen LogP contribution in [0.15, 0.2) is 23.2 Å². The molecule has 0 heterocycles. The number of guanidine groups is 1. The predicted octanol–water partition coefficient (Wildman–Crippen LogP) is 4.40. The lowest BCUT2D eigenvalue weighted by molar-refractivity contribution is -0.0520. The van der Waals surface area contributed by atoms with Crippen molar-refractivity contribution in [3.63, 3.8) is 0 Å². The van der Waals surface area contributed by atoms with Crippen LogP contribution in [0, 0.1) is 11.8 Å². The topological polar surface area (TPSA) is 75.1 Å². The van der Waals surface area contributed by atoms with Gasteiger partial charge in [0.1, 0.15) is 0 Å². The maximum atomic E-state index is 12.9. The second-order valence-corrected chi connectivity index (χ2v) is 7.14. The number of aliphatic hydroxyl groups excluding tert-OH is 1. The number of hydrogen-bond donors (Lipinski definition) is 3. The Morgan fingerprint density at radius 3 is 2.50 bits per heavy atom. The Bertz CT molecular complexity index is 619. The minimum Gasteiger partial charge on any atom is -0.490 e. The van der Waals surface area contributed by atoms with Crippen molar-refractivity contribution in [2.75, 3.05) is 26.3 Å². The summed E-state index contributed by atoms with van der Waals surface area (Å²) in [5, 5.41) is 15.7. The zero-order valence-electron chi connectivity index (χ0n) is 18.3. The van der Waals surface area contributed by atoms with Crippen molar-refractivity contribution in [3.05, 3.63) is 23.8 Å². The Balaban J connectivity index is 0.00000841. The monoisotopic (exact) mass is 543 g/mol. The summed E-state index contributed by atoms with van der Waals surface area (Å²) in [5.41, 5.74) is 0.516. The molecule has 0 fully saturated rings. The molecule has 1 rings (SSSR count). The highest BCUT2D eigenvalue weighted by atomic mass is 127.